The number of benzene rings is 1. The molecule has 0 saturated carbocycles. The number of amides is 1. The molecule has 1 unspecified atom stereocenters. The summed E-state index contributed by atoms with van der Waals surface area (Å²) in [6.07, 6.45) is 0.946. The monoisotopic (exact) mass is 293 g/mol. The second kappa shape index (κ2) is 5.03. The van der Waals surface area contributed by atoms with Gasteiger partial charge in [0.25, 0.3) is 5.91 Å². The fourth-order valence-corrected chi connectivity index (χ4v) is 3.57. The van der Waals surface area contributed by atoms with Crippen LogP contribution in [-0.4, -0.2) is 37.0 Å². The van der Waals surface area contributed by atoms with E-state index in [0.717, 1.165) is 24.2 Å². The van der Waals surface area contributed by atoms with Crippen molar-refractivity contribution in [3.63, 3.8) is 0 Å². The highest BCUT2D eigenvalue weighted by atomic mass is 32.1. The molecule has 2 heterocycles. The number of nitrogens with one attached hydrogen (secondary N) is 1. The summed E-state index contributed by atoms with van der Waals surface area (Å²) in [6, 6.07) is 4.58. The summed E-state index contributed by atoms with van der Waals surface area (Å²) in [6.45, 7) is 1.84. The Morgan fingerprint density at radius 3 is 3.05 bits per heavy atom. The molecule has 1 aliphatic heterocycles. The zero-order chi connectivity index (χ0) is 14.3. The third-order valence-corrected chi connectivity index (χ3v) is 4.81. The van der Waals surface area contributed by atoms with E-state index in [1.165, 1.54) is 23.5 Å². The van der Waals surface area contributed by atoms with Crippen LogP contribution in [0.3, 0.4) is 0 Å². The zero-order valence-electron chi connectivity index (χ0n) is 11.1. The van der Waals surface area contributed by atoms with Crippen LogP contribution in [0.2, 0.25) is 0 Å². The molecule has 0 radical (unpaired) electrons. The van der Waals surface area contributed by atoms with Crippen LogP contribution in [0.15, 0.2) is 18.2 Å². The second-order valence-corrected chi connectivity index (χ2v) is 6.26. The molecule has 0 bridgehead atoms. The molecule has 2 aromatic rings. The average Bonchev–Trinajstić information content (AvgIpc) is 2.94. The minimum Gasteiger partial charge on any atom is -0.397 e. The van der Waals surface area contributed by atoms with E-state index in [0.29, 0.717) is 16.0 Å². The van der Waals surface area contributed by atoms with E-state index in [2.05, 4.69) is 10.2 Å². The number of rotatable bonds is 2. The van der Waals surface area contributed by atoms with Crippen LogP contribution in [0, 0.1) is 5.82 Å². The Bertz CT molecular complexity index is 670. The van der Waals surface area contributed by atoms with E-state index in [9.17, 15) is 9.18 Å². The van der Waals surface area contributed by atoms with Gasteiger partial charge in [-0.15, -0.1) is 11.3 Å². The lowest BCUT2D eigenvalue weighted by Gasteiger charge is -2.12. The first-order chi connectivity index (χ1) is 9.54. The van der Waals surface area contributed by atoms with Gasteiger partial charge >= 0.3 is 0 Å². The lowest BCUT2D eigenvalue weighted by atomic mass is 10.2. The molecule has 1 fully saturated rings. The Labute approximate surface area is 120 Å². The molecular weight excluding hydrogens is 277 g/mol. The molecule has 1 aliphatic rings. The van der Waals surface area contributed by atoms with Crippen molar-refractivity contribution in [1.29, 1.82) is 0 Å². The lowest BCUT2D eigenvalue weighted by Crippen LogP contribution is -2.36. The van der Waals surface area contributed by atoms with Crippen molar-refractivity contribution in [1.82, 2.24) is 10.2 Å². The molecule has 1 atom stereocenters. The number of carbonyl (C=O) groups excluding carboxylic acids is 1. The van der Waals surface area contributed by atoms with Crippen molar-refractivity contribution in [2.24, 2.45) is 0 Å². The number of nitrogens with two attached hydrogens (primary N) is 1. The standard InChI is InChI=1S/C14H16FN3OS/c1-18-5-4-9(7-18)17-14(19)13-12(16)10-6-8(15)2-3-11(10)20-13/h2-3,6,9H,4-5,7,16H2,1H3,(H,17,19). The van der Waals surface area contributed by atoms with Crippen LogP contribution >= 0.6 is 11.3 Å². The van der Waals surface area contributed by atoms with Crippen LogP contribution in [0.4, 0.5) is 10.1 Å². The first-order valence-corrected chi connectivity index (χ1v) is 7.33. The molecule has 0 aliphatic carbocycles. The number of nitrogens with zero attached hydrogens (tertiary/aromatic N) is 1. The first-order valence-electron chi connectivity index (χ1n) is 6.51. The molecule has 3 rings (SSSR count). The number of fused-ring (bicyclic) bond motifs is 1. The van der Waals surface area contributed by atoms with Crippen molar-refractivity contribution >= 4 is 33.0 Å². The van der Waals surface area contributed by atoms with Gasteiger partial charge in [0, 0.05) is 22.7 Å². The Morgan fingerprint density at radius 2 is 2.35 bits per heavy atom. The average molecular weight is 293 g/mol. The molecule has 20 heavy (non-hydrogen) atoms. The summed E-state index contributed by atoms with van der Waals surface area (Å²) in [4.78, 5) is 14.9. The number of carbonyl (C=O) groups is 1. The summed E-state index contributed by atoms with van der Waals surface area (Å²) >= 11 is 1.31. The van der Waals surface area contributed by atoms with Gasteiger partial charge in [0.05, 0.1) is 5.69 Å². The molecule has 1 aromatic carbocycles. The van der Waals surface area contributed by atoms with Gasteiger partial charge < -0.3 is 16.0 Å². The fraction of sp³-hybridized carbons (Fsp3) is 0.357. The summed E-state index contributed by atoms with van der Waals surface area (Å²) in [7, 11) is 2.03. The number of likely N-dealkylation sites (tertiary alicyclic amines) is 1. The molecule has 1 amide bonds. The number of nitrogen functional groups attached to an aromatic ring is 1. The number of hydrogen-bond donors (Lipinski definition) is 2. The van der Waals surface area contributed by atoms with Crippen LogP contribution in [0.5, 0.6) is 0 Å². The van der Waals surface area contributed by atoms with Crippen molar-refractivity contribution < 1.29 is 9.18 Å². The Balaban J connectivity index is 1.86. The maximum Gasteiger partial charge on any atom is 0.263 e. The fourth-order valence-electron chi connectivity index (χ4n) is 2.56. The summed E-state index contributed by atoms with van der Waals surface area (Å²) in [5, 5.41) is 3.61. The normalized spacial score (nSPS) is 19.6. The smallest absolute Gasteiger partial charge is 0.263 e. The molecule has 106 valence electrons. The van der Waals surface area contributed by atoms with Gasteiger partial charge in [-0.25, -0.2) is 4.39 Å². The van der Waals surface area contributed by atoms with E-state index in [4.69, 9.17) is 5.73 Å². The van der Waals surface area contributed by atoms with Gasteiger partial charge in [-0.2, -0.15) is 0 Å². The Kier molecular flexibility index (Phi) is 3.35. The number of hydrogen-bond acceptors (Lipinski definition) is 4. The van der Waals surface area contributed by atoms with Crippen molar-refractivity contribution in [2.45, 2.75) is 12.5 Å². The minimum atomic E-state index is -0.341. The highest BCUT2D eigenvalue weighted by Crippen LogP contribution is 2.34. The third kappa shape index (κ3) is 2.36. The number of anilines is 1. The van der Waals surface area contributed by atoms with E-state index < -0.39 is 0 Å². The molecule has 4 nitrogen and oxygen atoms in total. The maximum atomic E-state index is 13.2. The van der Waals surface area contributed by atoms with Gasteiger partial charge in [-0.1, -0.05) is 0 Å². The summed E-state index contributed by atoms with van der Waals surface area (Å²) < 4.78 is 14.1. The van der Waals surface area contributed by atoms with Gasteiger partial charge in [0.15, 0.2) is 0 Å². The van der Waals surface area contributed by atoms with E-state index >= 15 is 0 Å². The predicted molar refractivity (Wildman–Crippen MR) is 79.6 cm³/mol. The molecule has 3 N–H and O–H groups in total. The van der Waals surface area contributed by atoms with Gasteiger partial charge in [0.2, 0.25) is 0 Å². The number of likely N-dealkylation sites (N-methyl/N-ethyl adjacent to an activating group) is 1. The first kappa shape index (κ1) is 13.3. The molecule has 1 saturated heterocycles. The lowest BCUT2D eigenvalue weighted by molar-refractivity contribution is 0.0943. The largest absolute Gasteiger partial charge is 0.397 e. The molecule has 0 spiro atoms. The summed E-state index contributed by atoms with van der Waals surface area (Å²) in [5.41, 5.74) is 6.35. The topological polar surface area (TPSA) is 58.4 Å². The Morgan fingerprint density at radius 1 is 1.55 bits per heavy atom. The van der Waals surface area contributed by atoms with E-state index in [-0.39, 0.29) is 17.8 Å². The van der Waals surface area contributed by atoms with Crippen molar-refractivity contribution in [3.8, 4) is 0 Å². The van der Waals surface area contributed by atoms with Gasteiger partial charge in [-0.3, -0.25) is 4.79 Å². The minimum absolute atomic E-state index is 0.161. The van der Waals surface area contributed by atoms with Crippen LogP contribution in [0.25, 0.3) is 10.1 Å². The molecular formula is C14H16FN3OS. The predicted octanol–water partition coefficient (Wildman–Crippen LogP) is 2.06. The van der Waals surface area contributed by atoms with Crippen LogP contribution in [0.1, 0.15) is 16.1 Å². The molecule has 1 aromatic heterocycles. The van der Waals surface area contributed by atoms with Crippen molar-refractivity contribution in [2.75, 3.05) is 25.9 Å². The second-order valence-electron chi connectivity index (χ2n) is 5.21. The van der Waals surface area contributed by atoms with E-state index in [1.54, 1.807) is 6.07 Å². The van der Waals surface area contributed by atoms with Gasteiger partial charge in [0.1, 0.15) is 10.7 Å². The van der Waals surface area contributed by atoms with Crippen LogP contribution < -0.4 is 11.1 Å². The number of halogens is 1. The zero-order valence-corrected chi connectivity index (χ0v) is 12.0. The Hall–Kier alpha value is -1.66. The third-order valence-electron chi connectivity index (χ3n) is 3.62. The molecule has 6 heteroatoms. The number of thiophene rings is 1. The highest BCUT2D eigenvalue weighted by Gasteiger charge is 2.24. The SMILES string of the molecule is CN1CCC(NC(=O)c2sc3ccc(F)cc3c2N)C1. The summed E-state index contributed by atoms with van der Waals surface area (Å²) in [5.74, 6) is -0.504. The highest BCUT2D eigenvalue weighted by molar-refractivity contribution is 7.21. The van der Waals surface area contributed by atoms with Gasteiger partial charge in [-0.05, 0) is 38.2 Å². The quantitative estimate of drug-likeness (QED) is 0.891. The van der Waals surface area contributed by atoms with E-state index in [1.807, 2.05) is 7.05 Å². The maximum absolute atomic E-state index is 13.2. The van der Waals surface area contributed by atoms with Crippen molar-refractivity contribution in [3.05, 3.63) is 28.9 Å². The van der Waals surface area contributed by atoms with Crippen LogP contribution in [-0.2, 0) is 0 Å².